The standard InChI is InChI=1S/C37H33N9O19S6/c1-64-29-18-21(38)2-12-27(29)42-40-22-3-5-24(6-4-22)46-67(50,51)25-9-7-23(8-10-25)41-44-35-31(69(55,56)57)16-20-17-32(70(58,59)60)36(37(47)33(20)34(35)39)45-43-28-13-11-26(19-30(28)68(52,53)54)66(48,49)15-14-65-71(61,62)63/h2-13,16-19,46-47H,14-15,38-39H2,1H3,(H,52,53,54)(H,55,56,57)(H,58,59,60)(H,61,62,63). The van der Waals surface area contributed by atoms with Crippen LogP contribution in [0.3, 0.4) is 0 Å². The van der Waals surface area contributed by atoms with E-state index in [2.05, 4.69) is 39.6 Å². The maximum atomic E-state index is 13.2. The molecule has 0 bridgehead atoms. The van der Waals surface area contributed by atoms with Gasteiger partial charge in [0.15, 0.2) is 15.6 Å². The van der Waals surface area contributed by atoms with Crippen LogP contribution in [0.4, 0.5) is 51.2 Å². The van der Waals surface area contributed by atoms with Crippen LogP contribution in [-0.4, -0.2) is 93.3 Å². The predicted octanol–water partition coefficient (Wildman–Crippen LogP) is 6.10. The van der Waals surface area contributed by atoms with Crippen LogP contribution >= 0.6 is 0 Å². The molecule has 34 heteroatoms. The zero-order valence-electron chi connectivity index (χ0n) is 35.4. The number of anilines is 3. The number of rotatable bonds is 18. The highest BCUT2D eigenvalue weighted by Crippen LogP contribution is 2.48. The molecule has 0 aliphatic rings. The fourth-order valence-corrected chi connectivity index (χ4v) is 10.7. The third-order valence-electron chi connectivity index (χ3n) is 9.29. The Labute approximate surface area is 402 Å². The first kappa shape index (κ1) is 53.2. The number of methoxy groups -OCH3 is 1. The number of azo groups is 3. The number of sulfonamides is 1. The number of phenols is 1. The molecule has 6 rings (SSSR count). The summed E-state index contributed by atoms with van der Waals surface area (Å²) in [5.74, 6) is -2.07. The van der Waals surface area contributed by atoms with E-state index in [1.807, 2.05) is 0 Å². The molecule has 71 heavy (non-hydrogen) atoms. The Kier molecular flexibility index (Phi) is 15.0. The third-order valence-corrected chi connectivity index (χ3v) is 15.4. The summed E-state index contributed by atoms with van der Waals surface area (Å²) in [6.07, 6.45) is 0. The topological polar surface area (TPSA) is 463 Å². The number of hydrogen-bond acceptors (Lipinski definition) is 23. The highest BCUT2D eigenvalue weighted by Gasteiger charge is 2.29. The molecular weight excluding hydrogens is 1070 g/mol. The first-order valence-corrected chi connectivity index (χ1v) is 27.6. The van der Waals surface area contributed by atoms with Gasteiger partial charge in [-0.3, -0.25) is 22.9 Å². The lowest BCUT2D eigenvalue weighted by molar-refractivity contribution is 0.284. The van der Waals surface area contributed by atoms with Gasteiger partial charge < -0.3 is 21.3 Å². The van der Waals surface area contributed by atoms with E-state index in [4.69, 9.17) is 20.8 Å². The van der Waals surface area contributed by atoms with Crippen LogP contribution in [0.15, 0.2) is 152 Å². The quantitative estimate of drug-likeness (QED) is 0.0274. The first-order chi connectivity index (χ1) is 32.9. The Balaban J connectivity index is 1.32. The van der Waals surface area contributed by atoms with Crippen LogP contribution in [0.2, 0.25) is 0 Å². The molecule has 0 spiro atoms. The fourth-order valence-electron chi connectivity index (χ4n) is 6.05. The van der Waals surface area contributed by atoms with E-state index in [0.29, 0.717) is 53.1 Å². The van der Waals surface area contributed by atoms with Crippen molar-refractivity contribution in [3.05, 3.63) is 97.1 Å². The number of benzene rings is 6. The summed E-state index contributed by atoms with van der Waals surface area (Å²) in [5, 5.41) is 33.0. The summed E-state index contributed by atoms with van der Waals surface area (Å²) in [5.41, 5.74) is 9.31. The molecule has 0 radical (unpaired) electrons. The third kappa shape index (κ3) is 12.8. The van der Waals surface area contributed by atoms with E-state index in [0.717, 1.165) is 24.3 Å². The monoisotopic (exact) mass is 1100 g/mol. The molecule has 376 valence electrons. The molecule has 0 aromatic heterocycles. The molecule has 0 aliphatic carbocycles. The van der Waals surface area contributed by atoms with Crippen LogP contribution < -0.4 is 20.9 Å². The Morgan fingerprint density at radius 3 is 1.63 bits per heavy atom. The molecule has 0 saturated heterocycles. The number of fused-ring (bicyclic) bond motifs is 1. The number of nitrogen functional groups attached to an aromatic ring is 2. The molecule has 28 nitrogen and oxygen atoms in total. The fraction of sp³-hybridized carbons (Fsp3) is 0.0811. The second kappa shape index (κ2) is 19.9. The van der Waals surface area contributed by atoms with Crippen molar-refractivity contribution in [1.29, 1.82) is 0 Å². The largest absolute Gasteiger partial charge is 0.505 e. The molecule has 6 aromatic rings. The normalized spacial score (nSPS) is 13.1. The summed E-state index contributed by atoms with van der Waals surface area (Å²) < 4.78 is 199. The Bertz CT molecular complexity index is 3910. The number of phenolic OH excluding ortho intramolecular Hbond substituents is 1. The van der Waals surface area contributed by atoms with Crippen LogP contribution in [0.5, 0.6) is 11.5 Å². The number of sulfone groups is 1. The number of aromatic hydroxyl groups is 1. The van der Waals surface area contributed by atoms with Gasteiger partial charge in [-0.05, 0) is 96.4 Å². The highest BCUT2D eigenvalue weighted by molar-refractivity contribution is 7.92. The number of nitrogens with zero attached hydrogens (tertiary/aromatic N) is 6. The van der Waals surface area contributed by atoms with Gasteiger partial charge in [0.25, 0.3) is 40.4 Å². The lowest BCUT2D eigenvalue weighted by Crippen LogP contribution is -2.16. The number of nitrogens with two attached hydrogens (primary N) is 2. The zero-order valence-corrected chi connectivity index (χ0v) is 40.3. The molecule has 10 N–H and O–H groups in total. The predicted molar refractivity (Wildman–Crippen MR) is 249 cm³/mol. The lowest BCUT2D eigenvalue weighted by atomic mass is 10.1. The summed E-state index contributed by atoms with van der Waals surface area (Å²) in [7, 11) is -28.7. The van der Waals surface area contributed by atoms with Crippen LogP contribution in [-0.2, 0) is 64.8 Å². The molecule has 0 aliphatic heterocycles. The van der Waals surface area contributed by atoms with Crippen molar-refractivity contribution in [1.82, 2.24) is 0 Å². The van der Waals surface area contributed by atoms with Gasteiger partial charge in [-0.25, -0.2) is 21.0 Å². The smallest absolute Gasteiger partial charge is 0.397 e. The lowest BCUT2D eigenvalue weighted by Gasteiger charge is -2.14. The summed E-state index contributed by atoms with van der Waals surface area (Å²) in [6.45, 7) is -1.13. The van der Waals surface area contributed by atoms with Crippen LogP contribution in [0.1, 0.15) is 0 Å². The molecule has 0 saturated carbocycles. The summed E-state index contributed by atoms with van der Waals surface area (Å²) in [6, 6.07) is 17.7. The van der Waals surface area contributed by atoms with Crippen molar-refractivity contribution >= 4 is 123 Å². The maximum Gasteiger partial charge on any atom is 0.397 e. The van der Waals surface area contributed by atoms with Crippen molar-refractivity contribution in [2.45, 2.75) is 24.5 Å². The minimum Gasteiger partial charge on any atom is -0.505 e. The number of hydrogen-bond donors (Lipinski definition) is 8. The minimum absolute atomic E-state index is 0.135. The van der Waals surface area contributed by atoms with Gasteiger partial charge in [0.1, 0.15) is 43.2 Å². The van der Waals surface area contributed by atoms with Crippen molar-refractivity contribution in [2.75, 3.05) is 35.7 Å². The van der Waals surface area contributed by atoms with E-state index in [9.17, 15) is 69.3 Å². The molecular formula is C37H33N9O19S6. The van der Waals surface area contributed by atoms with E-state index in [1.54, 1.807) is 18.2 Å². The Morgan fingerprint density at radius 1 is 0.563 bits per heavy atom. The molecule has 0 fully saturated rings. The molecule has 6 aromatic carbocycles. The average Bonchev–Trinajstić information content (AvgIpc) is 3.26. The molecule has 0 heterocycles. The van der Waals surface area contributed by atoms with E-state index >= 15 is 0 Å². The second-order valence-electron chi connectivity index (χ2n) is 14.1. The van der Waals surface area contributed by atoms with E-state index in [1.165, 1.54) is 31.4 Å². The van der Waals surface area contributed by atoms with Gasteiger partial charge in [-0.2, -0.15) is 43.9 Å². The van der Waals surface area contributed by atoms with Crippen LogP contribution in [0, 0.1) is 0 Å². The number of ether oxygens (including phenoxy) is 1. The van der Waals surface area contributed by atoms with Gasteiger partial charge in [-0.15, -0.1) is 20.5 Å². The van der Waals surface area contributed by atoms with Crippen molar-refractivity contribution < 1.29 is 82.7 Å². The highest BCUT2D eigenvalue weighted by atomic mass is 32.3. The van der Waals surface area contributed by atoms with Gasteiger partial charge in [0.2, 0.25) is 0 Å². The minimum atomic E-state index is -5.49. The Morgan fingerprint density at radius 2 is 1.07 bits per heavy atom. The Hall–Kier alpha value is -7.12. The van der Waals surface area contributed by atoms with Crippen LogP contribution in [0.25, 0.3) is 10.8 Å². The van der Waals surface area contributed by atoms with Crippen molar-refractivity contribution in [3.63, 3.8) is 0 Å². The van der Waals surface area contributed by atoms with Gasteiger partial charge in [0, 0.05) is 17.4 Å². The number of nitrogens with one attached hydrogen (secondary N) is 1. The van der Waals surface area contributed by atoms with Crippen molar-refractivity contribution in [2.24, 2.45) is 30.7 Å². The van der Waals surface area contributed by atoms with E-state index < -0.39 is 132 Å². The van der Waals surface area contributed by atoms with Gasteiger partial charge in [0.05, 0.1) is 51.7 Å². The average molecular weight is 1100 g/mol. The van der Waals surface area contributed by atoms with Crippen molar-refractivity contribution in [3.8, 4) is 11.5 Å². The summed E-state index contributed by atoms with van der Waals surface area (Å²) >= 11 is 0. The van der Waals surface area contributed by atoms with Gasteiger partial charge >= 0.3 is 10.4 Å². The van der Waals surface area contributed by atoms with Gasteiger partial charge in [-0.1, -0.05) is 0 Å². The molecule has 0 atom stereocenters. The SMILES string of the molecule is COc1cc(N)ccc1N=Nc1ccc(NS(=O)(=O)c2ccc(N=Nc3c(S(=O)(=O)O)cc4cc(S(=O)(=O)O)c(N=Nc5ccc(S(=O)(=O)CCOS(=O)(=O)O)cc5S(=O)(=O)O)c(O)c4c3N)cc2)cc1. The second-order valence-corrected chi connectivity index (χ2v) is 23.2. The van der Waals surface area contributed by atoms with E-state index in [-0.39, 0.29) is 16.3 Å². The molecule has 0 unspecified atom stereocenters. The molecule has 0 amide bonds. The zero-order chi connectivity index (χ0) is 52.5. The summed E-state index contributed by atoms with van der Waals surface area (Å²) in [4.78, 5) is -4.90. The maximum absolute atomic E-state index is 13.2. The first-order valence-electron chi connectivity index (χ1n) is 18.8.